The predicted molar refractivity (Wildman–Crippen MR) is 449 cm³/mol. The first-order valence-corrected chi connectivity index (χ1v) is 48.0. The number of allylic oxidation sites excluding steroid dienone is 4. The Morgan fingerprint density at radius 3 is 1.13 bits per heavy atom. The van der Waals surface area contributed by atoms with Crippen molar-refractivity contribution in [1.29, 1.82) is 0 Å². The minimum Gasteiger partial charge on any atom is -0.463 e. The molecule has 2 aliphatic heterocycles. The Balaban J connectivity index is 1.93. The van der Waals surface area contributed by atoms with Crippen LogP contribution in [0.5, 0.6) is 0 Å². The van der Waals surface area contributed by atoms with Gasteiger partial charge in [0.15, 0.2) is 24.8 Å². The van der Waals surface area contributed by atoms with E-state index < -0.39 is 162 Å². The van der Waals surface area contributed by atoms with E-state index in [-0.39, 0.29) is 25.7 Å². The summed E-state index contributed by atoms with van der Waals surface area (Å²) in [6.45, 7) is 7.87. The second-order valence-electron chi connectivity index (χ2n) is 33.4. The van der Waals surface area contributed by atoms with E-state index in [2.05, 4.69) is 58.9 Å². The number of hydrogen-bond acceptors (Lipinski definition) is 24. The first-order valence-electron chi connectivity index (χ1n) is 46.5. The largest absolute Gasteiger partial charge is 0.472 e. The molecule has 19 unspecified atom stereocenters. The molecule has 0 amide bonds. The van der Waals surface area contributed by atoms with Gasteiger partial charge in [0, 0.05) is 25.7 Å². The van der Waals surface area contributed by atoms with Crippen LogP contribution in [0, 0.1) is 5.92 Å². The number of aliphatic hydroxyl groups excluding tert-OH is 9. The van der Waals surface area contributed by atoms with E-state index in [0.29, 0.717) is 44.4 Å². The lowest BCUT2D eigenvalue weighted by atomic mass is 9.84. The van der Waals surface area contributed by atoms with Gasteiger partial charge in [-0.05, 0) is 83.0 Å². The van der Waals surface area contributed by atoms with Crippen LogP contribution >= 0.6 is 7.82 Å². The summed E-state index contributed by atoms with van der Waals surface area (Å²) in [7, 11) is -5.81. The molecule has 1 saturated carbocycles. The summed E-state index contributed by atoms with van der Waals surface area (Å²) in [5.74, 6) is -2.32. The number of carbonyl (C=O) groups excluding carboxylic acids is 4. The maximum atomic E-state index is 14.9. The standard InChI is InChI=1S/C90H165O25P/c1-6-10-14-18-22-25-28-31-32-35-37-39-42-49-55-61-73(92)106-66-70(109-75(94)63-57-52-46-45-48-54-60-69(5)59-53-47-21-17-13-9-4)67-108-116(104,105)115-88-86(113-89-83(102)79(98)77(96)71(65-91)110-89)82(101)81(100)85(112-76(95)64-58-51-44-41-38-34-30-27-24-20-16-12-8-3)87(88)114-90-84(103)80(99)78(97)72(111-90)68-107-74(93)62-56-50-43-40-36-33-29-26-23-19-15-11-7-2/h25,28,33,36,69-72,77-91,96-103H,6-24,26-27,29-32,34-35,37-68H2,1-5H3,(H,104,105)/b28-25-,36-33-. The molecule has 680 valence electrons. The third-order valence-corrected chi connectivity index (χ3v) is 23.8. The first-order chi connectivity index (χ1) is 56.1. The van der Waals surface area contributed by atoms with Crippen LogP contribution in [0.4, 0.5) is 0 Å². The van der Waals surface area contributed by atoms with Crippen LogP contribution in [0.2, 0.25) is 0 Å². The zero-order valence-electron chi connectivity index (χ0n) is 72.5. The molecule has 0 aromatic rings. The summed E-state index contributed by atoms with van der Waals surface area (Å²) in [6.07, 6.45) is 26.2. The maximum Gasteiger partial charge on any atom is 0.472 e. The molecule has 0 spiro atoms. The molecule has 19 atom stereocenters. The second kappa shape index (κ2) is 68.4. The summed E-state index contributed by atoms with van der Waals surface area (Å²) < 4.78 is 73.4. The van der Waals surface area contributed by atoms with Gasteiger partial charge in [-0.1, -0.05) is 309 Å². The van der Waals surface area contributed by atoms with Gasteiger partial charge in [-0.3, -0.25) is 28.2 Å². The predicted octanol–water partition coefficient (Wildman–Crippen LogP) is 16.8. The van der Waals surface area contributed by atoms with E-state index in [0.717, 1.165) is 141 Å². The Labute approximate surface area is 698 Å². The van der Waals surface area contributed by atoms with Crippen molar-refractivity contribution in [2.24, 2.45) is 5.92 Å². The van der Waals surface area contributed by atoms with Crippen molar-refractivity contribution in [1.82, 2.24) is 0 Å². The van der Waals surface area contributed by atoms with Crippen molar-refractivity contribution >= 4 is 31.7 Å². The number of esters is 4. The fourth-order valence-electron chi connectivity index (χ4n) is 15.3. The lowest BCUT2D eigenvalue weighted by Gasteiger charge is -2.50. The topological polar surface area (TPSA) is 380 Å². The van der Waals surface area contributed by atoms with Crippen LogP contribution < -0.4 is 0 Å². The molecule has 2 heterocycles. The molecule has 26 heteroatoms. The molecule has 10 N–H and O–H groups in total. The van der Waals surface area contributed by atoms with Gasteiger partial charge in [-0.25, -0.2) is 4.57 Å². The van der Waals surface area contributed by atoms with Crippen molar-refractivity contribution in [3.8, 4) is 0 Å². The molecular formula is C90H165O25P. The summed E-state index contributed by atoms with van der Waals surface area (Å²) in [6, 6.07) is 0. The number of carbonyl (C=O) groups is 4. The highest BCUT2D eigenvalue weighted by molar-refractivity contribution is 7.47. The molecule has 3 aliphatic rings. The van der Waals surface area contributed by atoms with E-state index in [4.69, 9.17) is 46.9 Å². The van der Waals surface area contributed by atoms with Crippen molar-refractivity contribution in [3.63, 3.8) is 0 Å². The fourth-order valence-corrected chi connectivity index (χ4v) is 16.3. The highest BCUT2D eigenvalue weighted by Gasteiger charge is 2.60. The Kier molecular flexibility index (Phi) is 63.2. The smallest absolute Gasteiger partial charge is 0.463 e. The molecule has 0 bridgehead atoms. The van der Waals surface area contributed by atoms with Gasteiger partial charge < -0.3 is 88.7 Å². The van der Waals surface area contributed by atoms with Crippen LogP contribution in [-0.2, 0) is 70.7 Å². The molecule has 1 aliphatic carbocycles. The average Bonchev–Trinajstić information content (AvgIpc) is 0.754. The highest BCUT2D eigenvalue weighted by Crippen LogP contribution is 2.49. The summed E-state index contributed by atoms with van der Waals surface area (Å²) in [5, 5.41) is 102. The first kappa shape index (κ1) is 107. The number of phosphoric ester groups is 1. The van der Waals surface area contributed by atoms with Gasteiger partial charge in [-0.15, -0.1) is 0 Å². The van der Waals surface area contributed by atoms with Gasteiger partial charge in [0.1, 0.15) is 92.6 Å². The Hall–Kier alpha value is -3.05. The quantitative estimate of drug-likeness (QED) is 0.00889. The summed E-state index contributed by atoms with van der Waals surface area (Å²) >= 11 is 0. The summed E-state index contributed by atoms with van der Waals surface area (Å²) in [4.78, 5) is 66.4. The van der Waals surface area contributed by atoms with Crippen LogP contribution in [-0.4, -0.2) is 205 Å². The fraction of sp³-hybridized carbons (Fsp3) is 0.911. The van der Waals surface area contributed by atoms with Gasteiger partial charge in [0.05, 0.1) is 13.2 Å². The Bertz CT molecular complexity index is 2530. The van der Waals surface area contributed by atoms with Crippen LogP contribution in [0.25, 0.3) is 0 Å². The van der Waals surface area contributed by atoms with Crippen LogP contribution in [0.1, 0.15) is 388 Å². The average molecular weight is 1680 g/mol. The highest BCUT2D eigenvalue weighted by atomic mass is 31.2. The van der Waals surface area contributed by atoms with E-state index in [1.807, 2.05) is 0 Å². The minimum absolute atomic E-state index is 0.00598. The Morgan fingerprint density at radius 1 is 0.362 bits per heavy atom. The molecule has 0 radical (unpaired) electrons. The van der Waals surface area contributed by atoms with E-state index in [1.165, 1.54) is 148 Å². The maximum absolute atomic E-state index is 14.9. The SMILES string of the molecule is CCCCCC/C=C\CCCCCCCCCC(=O)OCC(COP(=O)(O)OC1C(OC2OC(CO)C(O)C(O)C2O)C(O)C(O)C(OC(=O)CCCCCCCCCCCCCCC)C1OC1OC(COC(=O)CCCCC/C=C\CCCCCCCC)C(O)C(O)C1O)OC(=O)CCCCCCCCC(C)CCCCCCCC. The van der Waals surface area contributed by atoms with Crippen LogP contribution in [0.3, 0.4) is 0 Å². The molecule has 116 heavy (non-hydrogen) atoms. The van der Waals surface area contributed by atoms with E-state index in [9.17, 15) is 74.6 Å². The number of aliphatic hydroxyl groups is 9. The van der Waals surface area contributed by atoms with Crippen molar-refractivity contribution < 1.29 is 122 Å². The van der Waals surface area contributed by atoms with Crippen LogP contribution in [0.15, 0.2) is 24.3 Å². The summed E-state index contributed by atoms with van der Waals surface area (Å²) in [5.41, 5.74) is 0. The van der Waals surface area contributed by atoms with Crippen molar-refractivity contribution in [2.75, 3.05) is 26.4 Å². The zero-order valence-corrected chi connectivity index (χ0v) is 73.4. The lowest BCUT2D eigenvalue weighted by Crippen LogP contribution is -2.70. The van der Waals surface area contributed by atoms with Crippen molar-refractivity contribution in [3.05, 3.63) is 24.3 Å². The second-order valence-corrected chi connectivity index (χ2v) is 34.8. The van der Waals surface area contributed by atoms with Gasteiger partial charge in [0.25, 0.3) is 0 Å². The number of phosphoric acid groups is 1. The van der Waals surface area contributed by atoms with E-state index >= 15 is 0 Å². The van der Waals surface area contributed by atoms with Gasteiger partial charge in [0.2, 0.25) is 0 Å². The molecule has 2 saturated heterocycles. The molecule has 0 aromatic heterocycles. The lowest BCUT2D eigenvalue weighted by molar-refractivity contribution is -0.360. The monoisotopic (exact) mass is 1680 g/mol. The third kappa shape index (κ3) is 48.7. The molecule has 3 rings (SSSR count). The van der Waals surface area contributed by atoms with Gasteiger partial charge in [-0.2, -0.15) is 0 Å². The third-order valence-electron chi connectivity index (χ3n) is 22.8. The van der Waals surface area contributed by atoms with Crippen molar-refractivity contribution in [2.45, 2.75) is 492 Å². The molecular weight excluding hydrogens is 1510 g/mol. The molecule has 3 fully saturated rings. The number of ether oxygens (including phenoxy) is 8. The number of rotatable bonds is 74. The molecule has 0 aromatic carbocycles. The van der Waals surface area contributed by atoms with E-state index in [1.54, 1.807) is 0 Å². The number of hydrogen-bond donors (Lipinski definition) is 10. The minimum atomic E-state index is -5.81. The number of unbranched alkanes of at least 4 members (excludes halogenated alkanes) is 42. The molecule has 25 nitrogen and oxygen atoms in total. The zero-order chi connectivity index (χ0) is 84.8. The normalized spacial score (nSPS) is 25.5. The van der Waals surface area contributed by atoms with Gasteiger partial charge >= 0.3 is 31.7 Å². The Morgan fingerprint density at radius 2 is 0.698 bits per heavy atom.